The number of nitrogens with one attached hydrogen (secondary N) is 1. The quantitative estimate of drug-likeness (QED) is 0.861. The van der Waals surface area contributed by atoms with Crippen LogP contribution in [0, 0.1) is 12.8 Å². The average molecular weight is 262 g/mol. The van der Waals surface area contributed by atoms with E-state index in [9.17, 15) is 9.90 Å². The van der Waals surface area contributed by atoms with Crippen molar-refractivity contribution >= 4 is 17.4 Å². The van der Waals surface area contributed by atoms with Crippen molar-refractivity contribution in [1.82, 2.24) is 14.6 Å². The summed E-state index contributed by atoms with van der Waals surface area (Å²) in [5.74, 6) is 0.0914. The zero-order chi connectivity index (χ0) is 14.0. The van der Waals surface area contributed by atoms with Crippen molar-refractivity contribution in [2.24, 2.45) is 5.92 Å². The van der Waals surface area contributed by atoms with Gasteiger partial charge in [0, 0.05) is 0 Å². The number of nitrogens with zero attached hydrogens (tertiary/aromatic N) is 3. The van der Waals surface area contributed by atoms with Crippen molar-refractivity contribution in [3.8, 4) is 0 Å². The largest absolute Gasteiger partial charge is 0.480 e. The highest BCUT2D eigenvalue weighted by Gasteiger charge is 2.20. The highest BCUT2D eigenvalue weighted by atomic mass is 16.4. The number of aliphatic carboxylic acids is 1. The Morgan fingerprint density at radius 2 is 2.21 bits per heavy atom. The van der Waals surface area contributed by atoms with Gasteiger partial charge in [-0.3, -0.25) is 0 Å². The molecule has 6 nitrogen and oxygen atoms in total. The number of carboxylic acid groups (broad SMARTS) is 1. The summed E-state index contributed by atoms with van der Waals surface area (Å²) >= 11 is 0. The van der Waals surface area contributed by atoms with Gasteiger partial charge >= 0.3 is 5.97 Å². The lowest BCUT2D eigenvalue weighted by Crippen LogP contribution is -2.31. The molecule has 2 aromatic heterocycles. The smallest absolute Gasteiger partial charge is 0.326 e. The van der Waals surface area contributed by atoms with Gasteiger partial charge in [-0.25, -0.2) is 9.78 Å². The minimum Gasteiger partial charge on any atom is -0.480 e. The molecule has 0 bridgehead atoms. The number of fused-ring (bicyclic) bond motifs is 1. The molecule has 102 valence electrons. The number of carboxylic acids is 1. The molecule has 0 aliphatic heterocycles. The highest BCUT2D eigenvalue weighted by molar-refractivity contribution is 5.77. The van der Waals surface area contributed by atoms with Gasteiger partial charge in [0.25, 0.3) is 0 Å². The Morgan fingerprint density at radius 3 is 2.84 bits per heavy atom. The Bertz CT molecular complexity index is 591. The lowest BCUT2D eigenvalue weighted by molar-refractivity contribution is -0.138. The van der Waals surface area contributed by atoms with Crippen LogP contribution in [0.3, 0.4) is 0 Å². The summed E-state index contributed by atoms with van der Waals surface area (Å²) < 4.78 is 1.61. The Hall–Kier alpha value is -2.11. The van der Waals surface area contributed by atoms with Gasteiger partial charge in [-0.15, -0.1) is 0 Å². The van der Waals surface area contributed by atoms with Gasteiger partial charge in [0.05, 0.1) is 0 Å². The molecule has 0 radical (unpaired) electrons. The van der Waals surface area contributed by atoms with Crippen molar-refractivity contribution in [3.05, 3.63) is 24.0 Å². The number of hydrogen-bond acceptors (Lipinski definition) is 4. The second-order valence-corrected chi connectivity index (χ2v) is 5.11. The fourth-order valence-electron chi connectivity index (χ4n) is 2.03. The summed E-state index contributed by atoms with van der Waals surface area (Å²) in [6, 6.07) is 3.14. The molecular formula is C13H18N4O2. The van der Waals surface area contributed by atoms with Gasteiger partial charge in [-0.2, -0.15) is 9.61 Å². The molecule has 1 unspecified atom stereocenters. The van der Waals surface area contributed by atoms with E-state index >= 15 is 0 Å². The van der Waals surface area contributed by atoms with Gasteiger partial charge in [-0.05, 0) is 37.0 Å². The SMILES string of the molecule is Cc1cc(NC(CC(C)C)C(=O)O)n2ncnc2c1. The van der Waals surface area contributed by atoms with Crippen LogP contribution in [0.4, 0.5) is 5.82 Å². The molecule has 0 aliphatic carbocycles. The number of hydrogen-bond donors (Lipinski definition) is 2. The summed E-state index contributed by atoms with van der Waals surface area (Å²) in [5.41, 5.74) is 1.72. The van der Waals surface area contributed by atoms with Crippen molar-refractivity contribution in [3.63, 3.8) is 0 Å². The summed E-state index contributed by atoms with van der Waals surface area (Å²) in [4.78, 5) is 15.4. The third-order valence-corrected chi connectivity index (χ3v) is 2.85. The summed E-state index contributed by atoms with van der Waals surface area (Å²) in [7, 11) is 0. The van der Waals surface area contributed by atoms with Crippen LogP contribution in [-0.2, 0) is 4.79 Å². The molecule has 0 spiro atoms. The maximum absolute atomic E-state index is 11.3. The monoisotopic (exact) mass is 262 g/mol. The Labute approximate surface area is 111 Å². The number of aromatic nitrogens is 3. The first-order valence-corrected chi connectivity index (χ1v) is 6.27. The molecule has 0 amide bonds. The van der Waals surface area contributed by atoms with Gasteiger partial charge in [0.2, 0.25) is 0 Å². The molecule has 2 N–H and O–H groups in total. The molecule has 2 aromatic rings. The standard InChI is InChI=1S/C13H18N4O2/c1-8(2)4-10(13(18)19)16-12-6-9(3)5-11-14-7-15-17(11)12/h5-8,10,16H,4H2,1-3H3,(H,18,19). The lowest BCUT2D eigenvalue weighted by atomic mass is 10.0. The molecule has 0 aliphatic rings. The molecular weight excluding hydrogens is 244 g/mol. The molecule has 19 heavy (non-hydrogen) atoms. The Morgan fingerprint density at radius 1 is 1.47 bits per heavy atom. The van der Waals surface area contributed by atoms with Crippen LogP contribution >= 0.6 is 0 Å². The number of pyridine rings is 1. The van der Waals surface area contributed by atoms with E-state index < -0.39 is 12.0 Å². The van der Waals surface area contributed by atoms with E-state index in [1.54, 1.807) is 4.52 Å². The zero-order valence-electron chi connectivity index (χ0n) is 11.3. The van der Waals surface area contributed by atoms with Crippen LogP contribution in [-0.4, -0.2) is 31.7 Å². The molecule has 0 fully saturated rings. The van der Waals surface area contributed by atoms with Gasteiger partial charge in [-0.1, -0.05) is 13.8 Å². The minimum atomic E-state index is -0.858. The predicted molar refractivity (Wildman–Crippen MR) is 72.2 cm³/mol. The van der Waals surface area contributed by atoms with E-state index in [0.717, 1.165) is 5.56 Å². The lowest BCUT2D eigenvalue weighted by Gasteiger charge is -2.18. The Kier molecular flexibility index (Phi) is 3.69. The molecule has 6 heteroatoms. The van der Waals surface area contributed by atoms with Crippen LogP contribution in [0.1, 0.15) is 25.8 Å². The maximum Gasteiger partial charge on any atom is 0.326 e. The first kappa shape index (κ1) is 13.3. The molecule has 1 atom stereocenters. The summed E-state index contributed by atoms with van der Waals surface area (Å²) in [5, 5.41) is 16.4. The number of aryl methyl sites for hydroxylation is 1. The van der Waals surface area contributed by atoms with Gasteiger partial charge < -0.3 is 10.4 Å². The van der Waals surface area contributed by atoms with Gasteiger partial charge in [0.15, 0.2) is 5.65 Å². The first-order chi connectivity index (χ1) is 8.97. The molecule has 0 saturated carbocycles. The van der Waals surface area contributed by atoms with E-state index in [0.29, 0.717) is 23.8 Å². The minimum absolute atomic E-state index is 0.296. The van der Waals surface area contributed by atoms with Crippen molar-refractivity contribution in [2.75, 3.05) is 5.32 Å². The number of rotatable bonds is 5. The highest BCUT2D eigenvalue weighted by Crippen LogP contribution is 2.16. The second kappa shape index (κ2) is 5.26. The van der Waals surface area contributed by atoms with Crippen molar-refractivity contribution in [1.29, 1.82) is 0 Å². The van der Waals surface area contributed by atoms with Crippen molar-refractivity contribution < 1.29 is 9.90 Å². The molecule has 0 saturated heterocycles. The molecule has 2 rings (SSSR count). The summed E-state index contributed by atoms with van der Waals surface area (Å²) in [6.45, 7) is 5.94. The van der Waals surface area contributed by atoms with Crippen LogP contribution < -0.4 is 5.32 Å². The van der Waals surface area contributed by atoms with Crippen LogP contribution in [0.2, 0.25) is 0 Å². The maximum atomic E-state index is 11.3. The summed E-state index contributed by atoms with van der Waals surface area (Å²) in [6.07, 6.45) is 2.01. The van der Waals surface area contributed by atoms with E-state index in [4.69, 9.17) is 0 Å². The molecule has 0 aromatic carbocycles. The van der Waals surface area contributed by atoms with E-state index in [1.807, 2.05) is 32.9 Å². The van der Waals surface area contributed by atoms with E-state index in [1.165, 1.54) is 6.33 Å². The third kappa shape index (κ3) is 3.01. The van der Waals surface area contributed by atoms with E-state index in [2.05, 4.69) is 15.4 Å². The van der Waals surface area contributed by atoms with Crippen molar-refractivity contribution in [2.45, 2.75) is 33.2 Å². The topological polar surface area (TPSA) is 79.5 Å². The van der Waals surface area contributed by atoms with Gasteiger partial charge in [0.1, 0.15) is 18.2 Å². The van der Waals surface area contributed by atoms with E-state index in [-0.39, 0.29) is 0 Å². The van der Waals surface area contributed by atoms with Crippen LogP contribution in [0.25, 0.3) is 5.65 Å². The normalized spacial score (nSPS) is 12.8. The number of carbonyl (C=O) groups is 1. The first-order valence-electron chi connectivity index (χ1n) is 6.27. The fourth-order valence-corrected chi connectivity index (χ4v) is 2.03. The second-order valence-electron chi connectivity index (χ2n) is 5.11. The average Bonchev–Trinajstić information content (AvgIpc) is 2.75. The predicted octanol–water partition coefficient (Wildman–Crippen LogP) is 1.95. The number of anilines is 1. The fraction of sp³-hybridized carbons (Fsp3) is 0.462. The third-order valence-electron chi connectivity index (χ3n) is 2.85. The Balaban J connectivity index is 2.32. The zero-order valence-corrected chi connectivity index (χ0v) is 11.3. The molecule has 2 heterocycles. The van der Waals surface area contributed by atoms with Crippen LogP contribution in [0.15, 0.2) is 18.5 Å². The van der Waals surface area contributed by atoms with Crippen LogP contribution in [0.5, 0.6) is 0 Å².